The lowest BCUT2D eigenvalue weighted by atomic mass is 10.0. The average Bonchev–Trinajstić information content (AvgIpc) is 2.44. The lowest BCUT2D eigenvalue weighted by molar-refractivity contribution is -0.157. The van der Waals surface area contributed by atoms with Crippen LogP contribution >= 0.6 is 11.8 Å². The second kappa shape index (κ2) is 9.80. The number of carbonyl (C=O) groups is 3. The summed E-state index contributed by atoms with van der Waals surface area (Å²) in [6.45, 7) is 2.70. The van der Waals surface area contributed by atoms with Crippen LogP contribution in [0.2, 0.25) is 0 Å². The number of amides is 1. The summed E-state index contributed by atoms with van der Waals surface area (Å²) in [6.07, 6.45) is 4.34. The summed E-state index contributed by atoms with van der Waals surface area (Å²) >= 11 is 1.71. The van der Waals surface area contributed by atoms with Gasteiger partial charge in [-0.1, -0.05) is 0 Å². The van der Waals surface area contributed by atoms with Crippen LogP contribution in [0.15, 0.2) is 0 Å². The molecule has 1 fully saturated rings. The van der Waals surface area contributed by atoms with Gasteiger partial charge in [-0.15, -0.1) is 0 Å². The summed E-state index contributed by atoms with van der Waals surface area (Å²) in [7, 11) is 0. The molecule has 1 atom stereocenters. The number of unbranched alkanes of at least 4 members (excludes halogenated alkanes) is 1. The van der Waals surface area contributed by atoms with Crippen LogP contribution in [0.1, 0.15) is 39.0 Å². The normalized spacial score (nSPS) is 18.9. The molecule has 0 aromatic heterocycles. The number of ether oxygens (including phenoxy) is 1. The van der Waals surface area contributed by atoms with Crippen molar-refractivity contribution in [1.29, 1.82) is 0 Å². The number of piperidine rings is 1. The number of hydrogen-bond donors (Lipinski definition) is 0. The van der Waals surface area contributed by atoms with Gasteiger partial charge in [-0.3, -0.25) is 4.79 Å². The Bertz CT molecular complexity index is 335. The van der Waals surface area contributed by atoms with Gasteiger partial charge in [-0.25, -0.2) is 4.79 Å². The standard InChI is InChI=1S/C14H23NO4S/c1-2-19-14(18)12-6-5-7-13(17)15(12)8-11-20-10-4-3-9-16/h9,12H,2-8,10-11H2,1H3. The van der Waals surface area contributed by atoms with Crippen LogP contribution in [0.5, 0.6) is 0 Å². The Labute approximate surface area is 124 Å². The molecule has 0 aromatic carbocycles. The number of thioether (sulfide) groups is 1. The van der Waals surface area contributed by atoms with Crippen LogP contribution in [0, 0.1) is 0 Å². The monoisotopic (exact) mass is 301 g/mol. The molecule has 0 bridgehead atoms. The van der Waals surface area contributed by atoms with Gasteiger partial charge < -0.3 is 14.4 Å². The first kappa shape index (κ1) is 17.0. The van der Waals surface area contributed by atoms with Crippen molar-refractivity contribution >= 4 is 29.9 Å². The van der Waals surface area contributed by atoms with Crippen LogP contribution in [0.25, 0.3) is 0 Å². The van der Waals surface area contributed by atoms with Crippen molar-refractivity contribution in [3.05, 3.63) is 0 Å². The van der Waals surface area contributed by atoms with Crippen LogP contribution < -0.4 is 0 Å². The molecule has 20 heavy (non-hydrogen) atoms. The molecule has 1 unspecified atom stereocenters. The van der Waals surface area contributed by atoms with Gasteiger partial charge in [0.25, 0.3) is 0 Å². The Morgan fingerprint density at radius 2 is 2.30 bits per heavy atom. The van der Waals surface area contributed by atoms with Gasteiger partial charge in [-0.2, -0.15) is 11.8 Å². The first-order valence-corrected chi connectivity index (χ1v) is 8.33. The van der Waals surface area contributed by atoms with Gasteiger partial charge in [0.15, 0.2) is 0 Å². The van der Waals surface area contributed by atoms with Crippen LogP contribution in [0.4, 0.5) is 0 Å². The fourth-order valence-electron chi connectivity index (χ4n) is 2.22. The maximum Gasteiger partial charge on any atom is 0.328 e. The Hall–Kier alpha value is -1.04. The third-order valence-corrected chi connectivity index (χ3v) is 4.26. The Balaban J connectivity index is 2.38. The van der Waals surface area contributed by atoms with Gasteiger partial charge in [0.1, 0.15) is 12.3 Å². The van der Waals surface area contributed by atoms with Crippen molar-refractivity contribution < 1.29 is 19.1 Å². The first-order valence-electron chi connectivity index (χ1n) is 7.18. The number of likely N-dealkylation sites (tertiary alicyclic amines) is 1. The number of aldehydes is 1. The second-order valence-electron chi connectivity index (χ2n) is 4.67. The van der Waals surface area contributed by atoms with E-state index in [9.17, 15) is 14.4 Å². The summed E-state index contributed by atoms with van der Waals surface area (Å²) in [5.74, 6) is 1.46. The average molecular weight is 301 g/mol. The minimum absolute atomic E-state index is 0.0443. The number of esters is 1. The zero-order valence-corrected chi connectivity index (χ0v) is 12.8. The van der Waals surface area contributed by atoms with E-state index in [1.54, 1.807) is 23.6 Å². The van der Waals surface area contributed by atoms with E-state index in [2.05, 4.69) is 0 Å². The molecule has 0 N–H and O–H groups in total. The Morgan fingerprint density at radius 3 is 3.00 bits per heavy atom. The lowest BCUT2D eigenvalue weighted by Crippen LogP contribution is -2.49. The van der Waals surface area contributed by atoms with Gasteiger partial charge in [0, 0.05) is 25.1 Å². The highest BCUT2D eigenvalue weighted by Gasteiger charge is 2.33. The summed E-state index contributed by atoms with van der Waals surface area (Å²) in [4.78, 5) is 35.7. The van der Waals surface area contributed by atoms with Gasteiger partial charge >= 0.3 is 5.97 Å². The molecule has 1 aliphatic heterocycles. The maximum absolute atomic E-state index is 11.9. The molecule has 1 aliphatic rings. The molecule has 0 radical (unpaired) electrons. The van der Waals surface area contributed by atoms with Crippen LogP contribution in [-0.4, -0.2) is 53.8 Å². The van der Waals surface area contributed by atoms with E-state index in [1.165, 1.54) is 0 Å². The summed E-state index contributed by atoms with van der Waals surface area (Å²) in [6, 6.07) is -0.410. The maximum atomic E-state index is 11.9. The topological polar surface area (TPSA) is 63.7 Å². The highest BCUT2D eigenvalue weighted by atomic mass is 32.2. The van der Waals surface area contributed by atoms with E-state index < -0.39 is 6.04 Å². The van der Waals surface area contributed by atoms with Gasteiger partial charge in [0.2, 0.25) is 5.91 Å². The zero-order valence-electron chi connectivity index (χ0n) is 12.0. The molecule has 114 valence electrons. The van der Waals surface area contributed by atoms with Crippen molar-refractivity contribution in [3.63, 3.8) is 0 Å². The van der Waals surface area contributed by atoms with Crippen molar-refractivity contribution in [3.8, 4) is 0 Å². The van der Waals surface area contributed by atoms with Crippen LogP contribution in [-0.2, 0) is 19.1 Å². The molecule has 0 aromatic rings. The number of hydrogen-bond acceptors (Lipinski definition) is 5. The summed E-state index contributed by atoms with van der Waals surface area (Å²) in [5.41, 5.74) is 0. The highest BCUT2D eigenvalue weighted by molar-refractivity contribution is 7.99. The summed E-state index contributed by atoms with van der Waals surface area (Å²) in [5, 5.41) is 0. The third-order valence-electron chi connectivity index (χ3n) is 3.21. The minimum atomic E-state index is -0.410. The van der Waals surface area contributed by atoms with E-state index >= 15 is 0 Å². The third kappa shape index (κ3) is 5.53. The molecule has 1 saturated heterocycles. The fraction of sp³-hybridized carbons (Fsp3) is 0.786. The molecular formula is C14H23NO4S. The smallest absolute Gasteiger partial charge is 0.328 e. The number of nitrogens with zero attached hydrogens (tertiary/aromatic N) is 1. The fourth-order valence-corrected chi connectivity index (χ4v) is 3.12. The Morgan fingerprint density at radius 1 is 1.50 bits per heavy atom. The molecule has 0 aliphatic carbocycles. The van der Waals surface area contributed by atoms with E-state index in [1.807, 2.05) is 0 Å². The largest absolute Gasteiger partial charge is 0.464 e. The Kier molecular flexibility index (Phi) is 8.34. The van der Waals surface area contributed by atoms with E-state index in [0.29, 0.717) is 32.4 Å². The molecule has 1 heterocycles. The number of carbonyl (C=O) groups excluding carboxylic acids is 3. The minimum Gasteiger partial charge on any atom is -0.464 e. The molecule has 1 rings (SSSR count). The summed E-state index contributed by atoms with van der Waals surface area (Å²) < 4.78 is 5.04. The second-order valence-corrected chi connectivity index (χ2v) is 5.89. The molecule has 1 amide bonds. The molecule has 6 heteroatoms. The molecule has 0 spiro atoms. The van der Waals surface area contributed by atoms with Crippen molar-refractivity contribution in [2.75, 3.05) is 24.7 Å². The van der Waals surface area contributed by atoms with E-state index in [4.69, 9.17) is 4.74 Å². The molecular weight excluding hydrogens is 278 g/mol. The van der Waals surface area contributed by atoms with Crippen LogP contribution in [0.3, 0.4) is 0 Å². The zero-order chi connectivity index (χ0) is 14.8. The van der Waals surface area contributed by atoms with E-state index in [-0.39, 0.29) is 11.9 Å². The molecule has 0 saturated carbocycles. The predicted molar refractivity (Wildman–Crippen MR) is 78.6 cm³/mol. The van der Waals surface area contributed by atoms with Crippen molar-refractivity contribution in [1.82, 2.24) is 4.90 Å². The quantitative estimate of drug-likeness (QED) is 0.368. The SMILES string of the molecule is CCOC(=O)C1CCCC(=O)N1CCSCCCC=O. The van der Waals surface area contributed by atoms with Crippen molar-refractivity contribution in [2.45, 2.75) is 45.1 Å². The number of rotatable bonds is 9. The van der Waals surface area contributed by atoms with Gasteiger partial charge in [0.05, 0.1) is 6.61 Å². The molecule has 5 nitrogen and oxygen atoms in total. The van der Waals surface area contributed by atoms with Crippen molar-refractivity contribution in [2.24, 2.45) is 0 Å². The van der Waals surface area contributed by atoms with E-state index in [0.717, 1.165) is 30.6 Å². The van der Waals surface area contributed by atoms with Gasteiger partial charge in [-0.05, 0) is 31.9 Å². The highest BCUT2D eigenvalue weighted by Crippen LogP contribution is 2.20. The predicted octanol–water partition coefficient (Wildman–Crippen LogP) is 1.64. The first-order chi connectivity index (χ1) is 9.70. The lowest BCUT2D eigenvalue weighted by Gasteiger charge is -2.33.